The second-order valence-corrected chi connectivity index (χ2v) is 5.95. The highest BCUT2D eigenvalue weighted by molar-refractivity contribution is 5.95. The van der Waals surface area contributed by atoms with Crippen LogP contribution in [0.4, 0.5) is 0 Å². The molecule has 0 heterocycles. The van der Waals surface area contributed by atoms with Gasteiger partial charge in [-0.2, -0.15) is 0 Å². The molecule has 1 fully saturated rings. The third kappa shape index (κ3) is 1.46. The number of aryl methyl sites for hydroxylation is 1. The van der Waals surface area contributed by atoms with Crippen LogP contribution in [-0.2, 0) is 5.41 Å². The monoisotopic (exact) mass is 246 g/mol. The molecule has 0 aliphatic heterocycles. The van der Waals surface area contributed by atoms with Gasteiger partial charge in [0.15, 0.2) is 0 Å². The van der Waals surface area contributed by atoms with Gasteiger partial charge < -0.3 is 0 Å². The Hall–Kier alpha value is -1.82. The van der Waals surface area contributed by atoms with Gasteiger partial charge in [-0.15, -0.1) is 0 Å². The topological polar surface area (TPSA) is 0 Å². The summed E-state index contributed by atoms with van der Waals surface area (Å²) in [6.07, 6.45) is 6.39. The Balaban J connectivity index is 1.87. The second-order valence-electron chi connectivity index (χ2n) is 5.95. The average molecular weight is 246 g/mol. The van der Waals surface area contributed by atoms with Crippen molar-refractivity contribution in [1.82, 2.24) is 0 Å². The maximum Gasteiger partial charge on any atom is 0.0215 e. The Kier molecular flexibility index (Phi) is 2.23. The fourth-order valence-electron chi connectivity index (χ4n) is 3.66. The van der Waals surface area contributed by atoms with Crippen LogP contribution in [0.2, 0.25) is 0 Å². The summed E-state index contributed by atoms with van der Waals surface area (Å²) < 4.78 is 0. The predicted molar refractivity (Wildman–Crippen MR) is 81.0 cm³/mol. The molecular formula is C19H18. The largest absolute Gasteiger partial charge is 0.0619 e. The second kappa shape index (κ2) is 3.84. The molecule has 0 bridgehead atoms. The summed E-state index contributed by atoms with van der Waals surface area (Å²) in [6, 6.07) is 17.9. The van der Waals surface area contributed by atoms with Crippen molar-refractivity contribution in [2.45, 2.75) is 31.6 Å². The zero-order chi connectivity index (χ0) is 12.9. The number of allylic oxidation sites excluding steroid dienone is 1. The molecule has 2 aliphatic carbocycles. The van der Waals surface area contributed by atoms with Gasteiger partial charge in [-0.1, -0.05) is 60.5 Å². The highest BCUT2D eigenvalue weighted by Gasteiger charge is 2.46. The fourth-order valence-corrected chi connectivity index (χ4v) is 3.66. The molecule has 0 N–H and O–H groups in total. The predicted octanol–water partition coefficient (Wildman–Crippen LogP) is 4.97. The highest BCUT2D eigenvalue weighted by atomic mass is 14.5. The molecule has 0 radical (unpaired) electrons. The first-order valence-corrected chi connectivity index (χ1v) is 7.18. The number of benzene rings is 2. The summed E-state index contributed by atoms with van der Waals surface area (Å²) in [5.41, 5.74) is 7.59. The zero-order valence-electron chi connectivity index (χ0n) is 11.3. The van der Waals surface area contributed by atoms with Crippen molar-refractivity contribution >= 4 is 11.6 Å². The van der Waals surface area contributed by atoms with E-state index in [0.29, 0.717) is 5.41 Å². The van der Waals surface area contributed by atoms with Crippen LogP contribution in [0.25, 0.3) is 11.6 Å². The Morgan fingerprint density at radius 3 is 2.32 bits per heavy atom. The van der Waals surface area contributed by atoms with E-state index in [9.17, 15) is 0 Å². The normalized spacial score (nSPS) is 18.9. The molecule has 94 valence electrons. The lowest BCUT2D eigenvalue weighted by Gasteiger charge is -2.42. The van der Waals surface area contributed by atoms with Gasteiger partial charge in [0.1, 0.15) is 0 Å². The van der Waals surface area contributed by atoms with Gasteiger partial charge >= 0.3 is 0 Å². The molecule has 2 aromatic carbocycles. The van der Waals surface area contributed by atoms with Crippen molar-refractivity contribution in [3.8, 4) is 0 Å². The van der Waals surface area contributed by atoms with E-state index in [2.05, 4.69) is 61.5 Å². The van der Waals surface area contributed by atoms with E-state index in [-0.39, 0.29) is 0 Å². The van der Waals surface area contributed by atoms with Crippen molar-refractivity contribution in [2.24, 2.45) is 0 Å². The summed E-state index contributed by atoms with van der Waals surface area (Å²) in [5.74, 6) is 0. The van der Waals surface area contributed by atoms with Crippen LogP contribution in [0.3, 0.4) is 0 Å². The van der Waals surface area contributed by atoms with Gasteiger partial charge in [0.05, 0.1) is 0 Å². The number of hydrogen-bond acceptors (Lipinski definition) is 0. The van der Waals surface area contributed by atoms with Crippen LogP contribution >= 0.6 is 0 Å². The molecule has 2 aliphatic rings. The lowest BCUT2D eigenvalue weighted by atomic mass is 9.61. The molecule has 0 heteroatoms. The van der Waals surface area contributed by atoms with Crippen molar-refractivity contribution in [1.29, 1.82) is 0 Å². The van der Waals surface area contributed by atoms with Crippen LogP contribution in [0.1, 0.15) is 41.5 Å². The Labute approximate surface area is 114 Å². The first-order valence-electron chi connectivity index (χ1n) is 7.18. The van der Waals surface area contributed by atoms with Gasteiger partial charge in [0.25, 0.3) is 0 Å². The molecule has 1 spiro atoms. The lowest BCUT2D eigenvalue weighted by molar-refractivity contribution is 0.331. The summed E-state index contributed by atoms with van der Waals surface area (Å²) in [4.78, 5) is 0. The lowest BCUT2D eigenvalue weighted by Crippen LogP contribution is -2.33. The van der Waals surface area contributed by atoms with Gasteiger partial charge in [0.2, 0.25) is 0 Å². The molecular weight excluding hydrogens is 228 g/mol. The summed E-state index contributed by atoms with van der Waals surface area (Å²) in [7, 11) is 0. The minimum absolute atomic E-state index is 0.325. The van der Waals surface area contributed by atoms with Crippen LogP contribution in [0.15, 0.2) is 48.5 Å². The summed E-state index contributed by atoms with van der Waals surface area (Å²) >= 11 is 0. The van der Waals surface area contributed by atoms with Gasteiger partial charge in [-0.3, -0.25) is 0 Å². The first-order chi connectivity index (χ1) is 9.29. The molecule has 0 amide bonds. The standard InChI is InChI=1S/C19H18/c1-14-7-9-15(10-8-14)18-13-16-5-2-3-6-17(16)19(18)11-4-12-19/h2-3,5-10,13H,4,11-12H2,1H3. The molecule has 0 unspecified atom stereocenters. The zero-order valence-corrected chi connectivity index (χ0v) is 11.3. The molecule has 0 aromatic heterocycles. The third-order valence-electron chi connectivity index (χ3n) is 4.86. The van der Waals surface area contributed by atoms with Crippen LogP contribution in [-0.4, -0.2) is 0 Å². The van der Waals surface area contributed by atoms with Gasteiger partial charge in [-0.05, 0) is 48.1 Å². The molecule has 0 saturated heterocycles. The quantitative estimate of drug-likeness (QED) is 0.666. The number of fused-ring (bicyclic) bond motifs is 2. The molecule has 4 rings (SSSR count). The minimum Gasteiger partial charge on any atom is -0.0619 e. The van der Waals surface area contributed by atoms with Crippen molar-refractivity contribution in [3.63, 3.8) is 0 Å². The Morgan fingerprint density at radius 2 is 1.63 bits per heavy atom. The Bertz CT molecular complexity index is 655. The third-order valence-corrected chi connectivity index (χ3v) is 4.86. The number of hydrogen-bond donors (Lipinski definition) is 0. The SMILES string of the molecule is Cc1ccc(C2=Cc3ccccc3C23CCC3)cc1. The number of rotatable bonds is 1. The maximum atomic E-state index is 2.42. The maximum absolute atomic E-state index is 2.42. The van der Waals surface area contributed by atoms with E-state index in [4.69, 9.17) is 0 Å². The van der Waals surface area contributed by atoms with Crippen LogP contribution in [0.5, 0.6) is 0 Å². The van der Waals surface area contributed by atoms with E-state index in [1.54, 1.807) is 11.1 Å². The molecule has 2 aromatic rings. The Morgan fingerprint density at radius 1 is 0.895 bits per heavy atom. The van der Waals surface area contributed by atoms with Crippen molar-refractivity contribution in [2.75, 3.05) is 0 Å². The van der Waals surface area contributed by atoms with E-state index in [1.165, 1.54) is 36.0 Å². The van der Waals surface area contributed by atoms with E-state index < -0.39 is 0 Å². The molecule has 0 nitrogen and oxygen atoms in total. The summed E-state index contributed by atoms with van der Waals surface area (Å²) in [6.45, 7) is 2.15. The average Bonchev–Trinajstić information content (AvgIpc) is 2.74. The molecule has 0 atom stereocenters. The van der Waals surface area contributed by atoms with E-state index in [1.807, 2.05) is 0 Å². The van der Waals surface area contributed by atoms with Crippen molar-refractivity contribution in [3.05, 3.63) is 70.8 Å². The smallest absolute Gasteiger partial charge is 0.0215 e. The van der Waals surface area contributed by atoms with Crippen molar-refractivity contribution < 1.29 is 0 Å². The minimum atomic E-state index is 0.325. The first kappa shape index (κ1) is 11.0. The molecule has 1 saturated carbocycles. The molecule has 19 heavy (non-hydrogen) atoms. The van der Waals surface area contributed by atoms with Gasteiger partial charge in [-0.25, -0.2) is 0 Å². The van der Waals surface area contributed by atoms with Crippen LogP contribution in [0, 0.1) is 6.92 Å². The fraction of sp³-hybridized carbons (Fsp3) is 0.263. The van der Waals surface area contributed by atoms with Gasteiger partial charge in [0, 0.05) is 5.41 Å². The highest BCUT2D eigenvalue weighted by Crippen LogP contribution is 2.57. The van der Waals surface area contributed by atoms with E-state index >= 15 is 0 Å². The van der Waals surface area contributed by atoms with E-state index in [0.717, 1.165) is 0 Å². The van der Waals surface area contributed by atoms with Crippen LogP contribution < -0.4 is 0 Å². The summed E-state index contributed by atoms with van der Waals surface area (Å²) in [5, 5.41) is 0.